The van der Waals surface area contributed by atoms with Crippen molar-refractivity contribution in [1.82, 2.24) is 4.90 Å². The number of ketones is 1. The Labute approximate surface area is 113 Å². The summed E-state index contributed by atoms with van der Waals surface area (Å²) in [5, 5.41) is 9.08. The van der Waals surface area contributed by atoms with Gasteiger partial charge in [0, 0.05) is 31.3 Å². The van der Waals surface area contributed by atoms with Crippen LogP contribution in [-0.2, 0) is 14.4 Å². The molecule has 1 aliphatic heterocycles. The molecule has 2 aliphatic rings. The molecule has 1 heterocycles. The van der Waals surface area contributed by atoms with Crippen LogP contribution < -0.4 is 0 Å². The van der Waals surface area contributed by atoms with Crippen LogP contribution in [0.5, 0.6) is 0 Å². The van der Waals surface area contributed by atoms with Gasteiger partial charge >= 0.3 is 5.97 Å². The lowest BCUT2D eigenvalue weighted by Gasteiger charge is -2.42. The molecule has 5 nitrogen and oxygen atoms in total. The van der Waals surface area contributed by atoms with Crippen LogP contribution in [0.1, 0.15) is 33.1 Å². The van der Waals surface area contributed by atoms with Gasteiger partial charge in [-0.15, -0.1) is 0 Å². The maximum absolute atomic E-state index is 12.1. The van der Waals surface area contributed by atoms with E-state index in [4.69, 9.17) is 5.11 Å². The number of carbonyl (C=O) groups excluding carboxylic acids is 2. The molecular formula is C14H21NO4. The van der Waals surface area contributed by atoms with E-state index in [0.717, 1.165) is 0 Å². The van der Waals surface area contributed by atoms with Crippen molar-refractivity contribution in [3.05, 3.63) is 0 Å². The molecule has 19 heavy (non-hydrogen) atoms. The van der Waals surface area contributed by atoms with Crippen molar-refractivity contribution < 1.29 is 19.5 Å². The van der Waals surface area contributed by atoms with Gasteiger partial charge in [-0.05, 0) is 18.8 Å². The fraction of sp³-hybridized carbons (Fsp3) is 0.786. The van der Waals surface area contributed by atoms with Crippen molar-refractivity contribution in [3.63, 3.8) is 0 Å². The molecule has 2 bridgehead atoms. The number of Topliss-reactive ketones (excluding diaryl/α,β-unsaturated/α-hetero) is 1. The zero-order valence-corrected chi connectivity index (χ0v) is 11.5. The Morgan fingerprint density at radius 1 is 1.26 bits per heavy atom. The molecule has 1 N–H and O–H groups in total. The number of hydrogen-bond acceptors (Lipinski definition) is 3. The van der Waals surface area contributed by atoms with Crippen molar-refractivity contribution in [2.45, 2.75) is 33.1 Å². The lowest BCUT2D eigenvalue weighted by Crippen LogP contribution is -2.53. The zero-order chi connectivity index (χ0) is 14.2. The summed E-state index contributed by atoms with van der Waals surface area (Å²) in [7, 11) is 0. The fourth-order valence-electron chi connectivity index (χ4n) is 3.17. The van der Waals surface area contributed by atoms with Gasteiger partial charge in [0.05, 0.1) is 5.92 Å². The van der Waals surface area contributed by atoms with E-state index in [-0.39, 0.29) is 23.5 Å². The van der Waals surface area contributed by atoms with Gasteiger partial charge < -0.3 is 10.0 Å². The summed E-state index contributed by atoms with van der Waals surface area (Å²) in [6.45, 7) is 4.80. The van der Waals surface area contributed by atoms with E-state index >= 15 is 0 Å². The highest BCUT2D eigenvalue weighted by Gasteiger charge is 2.44. The van der Waals surface area contributed by atoms with Gasteiger partial charge in [0.15, 0.2) is 0 Å². The van der Waals surface area contributed by atoms with E-state index in [2.05, 4.69) is 0 Å². The number of amides is 1. The molecule has 106 valence electrons. The van der Waals surface area contributed by atoms with E-state index in [0.29, 0.717) is 38.3 Å². The summed E-state index contributed by atoms with van der Waals surface area (Å²) in [6, 6.07) is 0. The topological polar surface area (TPSA) is 74.7 Å². The summed E-state index contributed by atoms with van der Waals surface area (Å²) < 4.78 is 0. The number of piperidine rings is 1. The standard InChI is InChI=1S/C14H21NO4/c1-8(2)3-12(16)15-6-10-4-9(14(18)19)5-11(7-15)13(10)17/h8-11H,3-7H2,1-2H3,(H,18,19). The van der Waals surface area contributed by atoms with Gasteiger partial charge in [0.2, 0.25) is 5.91 Å². The van der Waals surface area contributed by atoms with E-state index < -0.39 is 11.9 Å². The molecule has 5 heteroatoms. The monoisotopic (exact) mass is 267 g/mol. The van der Waals surface area contributed by atoms with Crippen LogP contribution in [0.15, 0.2) is 0 Å². The Kier molecular flexibility index (Phi) is 3.92. The van der Waals surface area contributed by atoms with Gasteiger partial charge in [0.1, 0.15) is 5.78 Å². The van der Waals surface area contributed by atoms with Crippen LogP contribution in [0.2, 0.25) is 0 Å². The number of carbonyl (C=O) groups is 3. The number of aliphatic carboxylic acids is 1. The largest absolute Gasteiger partial charge is 0.481 e. The molecule has 1 saturated heterocycles. The smallest absolute Gasteiger partial charge is 0.306 e. The normalized spacial score (nSPS) is 30.6. The minimum absolute atomic E-state index is 0.0891. The maximum atomic E-state index is 12.1. The number of carboxylic acids is 1. The Hall–Kier alpha value is -1.39. The van der Waals surface area contributed by atoms with Crippen LogP contribution in [0.25, 0.3) is 0 Å². The minimum atomic E-state index is -0.815. The first-order valence-electron chi connectivity index (χ1n) is 6.92. The Balaban J connectivity index is 2.04. The predicted octanol–water partition coefficient (Wildman–Crippen LogP) is 1.17. The summed E-state index contributed by atoms with van der Waals surface area (Å²) in [4.78, 5) is 36.9. The molecule has 2 rings (SSSR count). The van der Waals surface area contributed by atoms with E-state index in [1.807, 2.05) is 13.8 Å². The first-order valence-corrected chi connectivity index (χ1v) is 6.92. The van der Waals surface area contributed by atoms with Crippen molar-refractivity contribution >= 4 is 17.7 Å². The predicted molar refractivity (Wildman–Crippen MR) is 68.4 cm³/mol. The van der Waals surface area contributed by atoms with Crippen molar-refractivity contribution in [2.75, 3.05) is 13.1 Å². The number of hydrogen-bond donors (Lipinski definition) is 1. The number of fused-ring (bicyclic) bond motifs is 2. The molecule has 0 aromatic rings. The molecule has 0 spiro atoms. The summed E-state index contributed by atoms with van der Waals surface area (Å²) >= 11 is 0. The van der Waals surface area contributed by atoms with Gasteiger partial charge in [-0.1, -0.05) is 13.8 Å². The first kappa shape index (κ1) is 14.0. The number of carboxylic acid groups (broad SMARTS) is 1. The second kappa shape index (κ2) is 5.31. The molecule has 1 saturated carbocycles. The molecule has 2 fully saturated rings. The molecule has 0 radical (unpaired) electrons. The third kappa shape index (κ3) is 2.96. The van der Waals surface area contributed by atoms with Crippen molar-refractivity contribution in [2.24, 2.45) is 23.7 Å². The Morgan fingerprint density at radius 3 is 2.21 bits per heavy atom. The summed E-state index contributed by atoms with van der Waals surface area (Å²) in [5.41, 5.74) is 0. The highest BCUT2D eigenvalue weighted by Crippen LogP contribution is 2.35. The third-order valence-electron chi connectivity index (χ3n) is 4.11. The number of nitrogens with zero attached hydrogens (tertiary/aromatic N) is 1. The van der Waals surface area contributed by atoms with Gasteiger partial charge in [-0.2, -0.15) is 0 Å². The summed E-state index contributed by atoms with van der Waals surface area (Å²) in [5.74, 6) is -1.23. The summed E-state index contributed by atoms with van der Waals surface area (Å²) in [6.07, 6.45) is 1.27. The lowest BCUT2D eigenvalue weighted by atomic mass is 9.71. The lowest BCUT2D eigenvalue weighted by molar-refractivity contribution is -0.151. The number of rotatable bonds is 3. The molecule has 0 aromatic heterocycles. The molecular weight excluding hydrogens is 246 g/mol. The molecule has 1 aliphatic carbocycles. The molecule has 0 aromatic carbocycles. The highest BCUT2D eigenvalue weighted by molar-refractivity contribution is 5.89. The average molecular weight is 267 g/mol. The van der Waals surface area contributed by atoms with Crippen LogP contribution >= 0.6 is 0 Å². The molecule has 2 unspecified atom stereocenters. The van der Waals surface area contributed by atoms with Gasteiger partial charge in [-0.25, -0.2) is 0 Å². The second-order valence-electron chi connectivity index (χ2n) is 6.20. The van der Waals surface area contributed by atoms with Gasteiger partial charge in [-0.3, -0.25) is 14.4 Å². The van der Waals surface area contributed by atoms with Crippen LogP contribution in [0.3, 0.4) is 0 Å². The highest BCUT2D eigenvalue weighted by atomic mass is 16.4. The van der Waals surface area contributed by atoms with E-state index in [1.54, 1.807) is 4.90 Å². The molecule has 1 amide bonds. The average Bonchev–Trinajstić information content (AvgIpc) is 2.26. The molecule has 2 atom stereocenters. The zero-order valence-electron chi connectivity index (χ0n) is 11.5. The van der Waals surface area contributed by atoms with Crippen LogP contribution in [-0.4, -0.2) is 40.8 Å². The fourth-order valence-corrected chi connectivity index (χ4v) is 3.17. The maximum Gasteiger partial charge on any atom is 0.306 e. The van der Waals surface area contributed by atoms with Crippen molar-refractivity contribution in [3.8, 4) is 0 Å². The van der Waals surface area contributed by atoms with Crippen LogP contribution in [0.4, 0.5) is 0 Å². The SMILES string of the molecule is CC(C)CC(=O)N1CC2CC(C(=O)O)CC(C1)C2=O. The third-order valence-corrected chi connectivity index (χ3v) is 4.11. The van der Waals surface area contributed by atoms with E-state index in [1.165, 1.54) is 0 Å². The second-order valence-corrected chi connectivity index (χ2v) is 6.20. The Morgan fingerprint density at radius 2 is 1.79 bits per heavy atom. The first-order chi connectivity index (χ1) is 8.88. The minimum Gasteiger partial charge on any atom is -0.481 e. The van der Waals surface area contributed by atoms with E-state index in [9.17, 15) is 14.4 Å². The quantitative estimate of drug-likeness (QED) is 0.833. The van der Waals surface area contributed by atoms with Gasteiger partial charge in [0.25, 0.3) is 0 Å². The number of likely N-dealkylation sites (tertiary alicyclic amines) is 1. The van der Waals surface area contributed by atoms with Crippen molar-refractivity contribution in [1.29, 1.82) is 0 Å². The Bertz CT molecular complexity index is 386. The van der Waals surface area contributed by atoms with Crippen LogP contribution in [0, 0.1) is 23.7 Å².